The van der Waals surface area contributed by atoms with Crippen LogP contribution in [0.5, 0.6) is 0 Å². The van der Waals surface area contributed by atoms with E-state index in [9.17, 15) is 5.11 Å². The van der Waals surface area contributed by atoms with Gasteiger partial charge in [0, 0.05) is 0 Å². The van der Waals surface area contributed by atoms with Crippen molar-refractivity contribution in [1.29, 1.82) is 0 Å². The Morgan fingerprint density at radius 3 is 3.27 bits per heavy atom. The maximum Gasteiger partial charge on any atom is 0.104 e. The van der Waals surface area contributed by atoms with Gasteiger partial charge in [-0.15, -0.1) is 0 Å². The van der Waals surface area contributed by atoms with Crippen molar-refractivity contribution < 1.29 is 5.11 Å². The van der Waals surface area contributed by atoms with Crippen molar-refractivity contribution in [3.8, 4) is 0 Å². The van der Waals surface area contributed by atoms with Crippen molar-refractivity contribution in [2.75, 3.05) is 0 Å². The molecule has 2 rings (SSSR count). The molecule has 0 radical (unpaired) electrons. The molecule has 11 heavy (non-hydrogen) atoms. The SMILES string of the molecule is CC1C=CC2(O)CCCC2=C1. The summed E-state index contributed by atoms with van der Waals surface area (Å²) < 4.78 is 0. The summed E-state index contributed by atoms with van der Waals surface area (Å²) in [5.74, 6) is 0.517. The van der Waals surface area contributed by atoms with Gasteiger partial charge in [0.05, 0.1) is 0 Å². The zero-order chi connectivity index (χ0) is 7.90. The Kier molecular flexibility index (Phi) is 1.43. The summed E-state index contributed by atoms with van der Waals surface area (Å²) in [6.07, 6.45) is 9.41. The smallest absolute Gasteiger partial charge is 0.104 e. The highest BCUT2D eigenvalue weighted by molar-refractivity contribution is 5.33. The van der Waals surface area contributed by atoms with E-state index in [-0.39, 0.29) is 0 Å². The molecular weight excluding hydrogens is 136 g/mol. The van der Waals surface area contributed by atoms with Gasteiger partial charge in [0.1, 0.15) is 5.60 Å². The van der Waals surface area contributed by atoms with Crippen LogP contribution in [0.2, 0.25) is 0 Å². The van der Waals surface area contributed by atoms with Gasteiger partial charge in [-0.3, -0.25) is 0 Å². The van der Waals surface area contributed by atoms with E-state index in [1.165, 1.54) is 5.57 Å². The summed E-state index contributed by atoms with van der Waals surface area (Å²) >= 11 is 0. The molecule has 2 atom stereocenters. The normalized spacial score (nSPS) is 42.0. The Bertz CT molecular complexity index is 227. The van der Waals surface area contributed by atoms with E-state index in [4.69, 9.17) is 0 Å². The lowest BCUT2D eigenvalue weighted by atomic mass is 9.88. The minimum absolute atomic E-state index is 0.517. The average Bonchev–Trinajstić information content (AvgIpc) is 2.31. The second-order valence-electron chi connectivity index (χ2n) is 3.69. The summed E-state index contributed by atoms with van der Waals surface area (Å²) in [5.41, 5.74) is 0.694. The first-order valence-electron chi connectivity index (χ1n) is 4.34. The van der Waals surface area contributed by atoms with Crippen LogP contribution in [-0.4, -0.2) is 10.7 Å². The Hall–Kier alpha value is -0.560. The van der Waals surface area contributed by atoms with Crippen LogP contribution in [0.1, 0.15) is 26.2 Å². The van der Waals surface area contributed by atoms with Crippen LogP contribution >= 0.6 is 0 Å². The van der Waals surface area contributed by atoms with E-state index >= 15 is 0 Å². The van der Waals surface area contributed by atoms with Crippen LogP contribution in [0, 0.1) is 5.92 Å². The molecular formula is C10H14O. The third kappa shape index (κ3) is 1.04. The number of rotatable bonds is 0. The van der Waals surface area contributed by atoms with Crippen LogP contribution in [0.15, 0.2) is 23.8 Å². The van der Waals surface area contributed by atoms with Gasteiger partial charge in [-0.1, -0.05) is 25.2 Å². The molecule has 2 aliphatic rings. The fourth-order valence-electron chi connectivity index (χ4n) is 2.03. The minimum Gasteiger partial charge on any atom is -0.381 e. The van der Waals surface area contributed by atoms with Crippen molar-refractivity contribution in [2.45, 2.75) is 31.8 Å². The van der Waals surface area contributed by atoms with E-state index in [0.29, 0.717) is 5.92 Å². The molecule has 1 heteroatoms. The lowest BCUT2D eigenvalue weighted by molar-refractivity contribution is 0.134. The lowest BCUT2D eigenvalue weighted by Gasteiger charge is -2.25. The zero-order valence-corrected chi connectivity index (χ0v) is 6.88. The lowest BCUT2D eigenvalue weighted by Crippen LogP contribution is -2.26. The Morgan fingerprint density at radius 2 is 2.45 bits per heavy atom. The predicted octanol–water partition coefficient (Wildman–Crippen LogP) is 2.03. The molecule has 1 saturated carbocycles. The summed E-state index contributed by atoms with van der Waals surface area (Å²) in [4.78, 5) is 0. The predicted molar refractivity (Wildman–Crippen MR) is 45.2 cm³/mol. The Balaban J connectivity index is 2.34. The van der Waals surface area contributed by atoms with Gasteiger partial charge in [-0.05, 0) is 30.8 Å². The van der Waals surface area contributed by atoms with Crippen LogP contribution in [-0.2, 0) is 0 Å². The third-order valence-corrected chi connectivity index (χ3v) is 2.70. The second kappa shape index (κ2) is 2.21. The van der Waals surface area contributed by atoms with Crippen molar-refractivity contribution in [3.05, 3.63) is 23.8 Å². The van der Waals surface area contributed by atoms with Gasteiger partial charge in [-0.2, -0.15) is 0 Å². The van der Waals surface area contributed by atoms with Gasteiger partial charge in [0.2, 0.25) is 0 Å². The molecule has 1 N–H and O–H groups in total. The van der Waals surface area contributed by atoms with Crippen LogP contribution in [0.25, 0.3) is 0 Å². The molecule has 0 aliphatic heterocycles. The molecule has 1 fully saturated rings. The van der Waals surface area contributed by atoms with Crippen LogP contribution in [0.4, 0.5) is 0 Å². The number of hydrogen-bond acceptors (Lipinski definition) is 1. The molecule has 0 saturated heterocycles. The first-order valence-corrected chi connectivity index (χ1v) is 4.34. The number of aliphatic hydroxyl groups is 1. The van der Waals surface area contributed by atoms with Crippen molar-refractivity contribution in [1.82, 2.24) is 0 Å². The molecule has 0 spiro atoms. The third-order valence-electron chi connectivity index (χ3n) is 2.70. The number of hydrogen-bond donors (Lipinski definition) is 1. The van der Waals surface area contributed by atoms with E-state index < -0.39 is 5.60 Å². The fourth-order valence-corrected chi connectivity index (χ4v) is 2.03. The van der Waals surface area contributed by atoms with Crippen LogP contribution < -0.4 is 0 Å². The Morgan fingerprint density at radius 1 is 1.64 bits per heavy atom. The van der Waals surface area contributed by atoms with Gasteiger partial charge >= 0.3 is 0 Å². The van der Waals surface area contributed by atoms with Crippen molar-refractivity contribution >= 4 is 0 Å². The van der Waals surface area contributed by atoms with E-state index in [0.717, 1.165) is 19.3 Å². The first-order chi connectivity index (χ1) is 5.21. The molecule has 0 aromatic rings. The highest BCUT2D eigenvalue weighted by Crippen LogP contribution is 2.39. The summed E-state index contributed by atoms with van der Waals surface area (Å²) in [7, 11) is 0. The first kappa shape index (κ1) is 7.11. The summed E-state index contributed by atoms with van der Waals surface area (Å²) in [6, 6.07) is 0. The topological polar surface area (TPSA) is 20.2 Å². The minimum atomic E-state index is -0.549. The molecule has 0 bridgehead atoms. The van der Waals surface area contributed by atoms with Gasteiger partial charge < -0.3 is 5.11 Å². The molecule has 0 amide bonds. The molecule has 0 aromatic carbocycles. The van der Waals surface area contributed by atoms with E-state index in [1.54, 1.807) is 0 Å². The van der Waals surface area contributed by atoms with E-state index in [2.05, 4.69) is 19.1 Å². The van der Waals surface area contributed by atoms with Gasteiger partial charge in [-0.25, -0.2) is 0 Å². The molecule has 2 unspecified atom stereocenters. The quantitative estimate of drug-likeness (QED) is 0.524. The summed E-state index contributed by atoms with van der Waals surface area (Å²) in [6.45, 7) is 2.15. The Labute approximate surface area is 67.4 Å². The number of fused-ring (bicyclic) bond motifs is 1. The zero-order valence-electron chi connectivity index (χ0n) is 6.88. The largest absolute Gasteiger partial charge is 0.381 e. The van der Waals surface area contributed by atoms with E-state index in [1.807, 2.05) is 6.08 Å². The van der Waals surface area contributed by atoms with Gasteiger partial charge in [0.25, 0.3) is 0 Å². The molecule has 1 nitrogen and oxygen atoms in total. The fraction of sp³-hybridized carbons (Fsp3) is 0.600. The average molecular weight is 150 g/mol. The monoisotopic (exact) mass is 150 g/mol. The second-order valence-corrected chi connectivity index (χ2v) is 3.69. The van der Waals surface area contributed by atoms with Crippen LogP contribution in [0.3, 0.4) is 0 Å². The van der Waals surface area contributed by atoms with Gasteiger partial charge in [0.15, 0.2) is 0 Å². The molecule has 60 valence electrons. The number of allylic oxidation sites excluding steroid dienone is 2. The highest BCUT2D eigenvalue weighted by atomic mass is 16.3. The highest BCUT2D eigenvalue weighted by Gasteiger charge is 2.35. The maximum absolute atomic E-state index is 9.97. The molecule has 0 heterocycles. The van der Waals surface area contributed by atoms with Crippen molar-refractivity contribution in [3.63, 3.8) is 0 Å². The molecule has 0 aromatic heterocycles. The molecule has 2 aliphatic carbocycles. The standard InChI is InChI=1S/C10H14O/c1-8-4-6-10(11)5-2-3-9(10)7-8/h4,6-8,11H,2-3,5H2,1H3. The van der Waals surface area contributed by atoms with Crippen molar-refractivity contribution in [2.24, 2.45) is 5.92 Å². The summed E-state index contributed by atoms with van der Waals surface area (Å²) in [5, 5.41) is 9.97. The maximum atomic E-state index is 9.97.